The standard InChI is InChI=1S/C19H14O2S4/c1-11-9-16(13-3-2-7-22-13)25-18(11)14-4-5-15(24-14)19-12(6-8-23-19)10-17(20)21/h2-9H,10H2,1H3,(H,20,21). The van der Waals surface area contributed by atoms with Gasteiger partial charge in [-0.25, -0.2) is 0 Å². The van der Waals surface area contributed by atoms with E-state index in [0.717, 1.165) is 15.3 Å². The highest BCUT2D eigenvalue weighted by Gasteiger charge is 2.15. The van der Waals surface area contributed by atoms with Crippen LogP contribution >= 0.6 is 45.3 Å². The summed E-state index contributed by atoms with van der Waals surface area (Å²) in [6.07, 6.45) is 0.0760. The zero-order valence-electron chi connectivity index (χ0n) is 13.3. The number of rotatable bonds is 5. The lowest BCUT2D eigenvalue weighted by molar-refractivity contribution is -0.136. The lowest BCUT2D eigenvalue weighted by Crippen LogP contribution is -1.99. The lowest BCUT2D eigenvalue weighted by Gasteiger charge is -1.98. The maximum atomic E-state index is 11.0. The zero-order valence-corrected chi connectivity index (χ0v) is 16.6. The summed E-state index contributed by atoms with van der Waals surface area (Å²) in [4.78, 5) is 18.4. The minimum atomic E-state index is -0.786. The van der Waals surface area contributed by atoms with Gasteiger partial charge in [-0.1, -0.05) is 6.07 Å². The predicted molar refractivity (Wildman–Crippen MR) is 110 cm³/mol. The Bertz CT molecular complexity index is 1020. The largest absolute Gasteiger partial charge is 0.481 e. The topological polar surface area (TPSA) is 37.3 Å². The van der Waals surface area contributed by atoms with Crippen molar-refractivity contribution >= 4 is 51.3 Å². The summed E-state index contributed by atoms with van der Waals surface area (Å²) < 4.78 is 0. The van der Waals surface area contributed by atoms with Gasteiger partial charge >= 0.3 is 5.97 Å². The Morgan fingerprint density at radius 2 is 1.72 bits per heavy atom. The highest BCUT2D eigenvalue weighted by atomic mass is 32.1. The molecule has 2 nitrogen and oxygen atoms in total. The molecule has 4 aromatic heterocycles. The second-order valence-electron chi connectivity index (χ2n) is 5.61. The molecule has 0 unspecified atom stereocenters. The van der Waals surface area contributed by atoms with Gasteiger partial charge in [0.1, 0.15) is 0 Å². The summed E-state index contributed by atoms with van der Waals surface area (Å²) >= 11 is 6.94. The molecular formula is C19H14O2S4. The van der Waals surface area contributed by atoms with Gasteiger partial charge < -0.3 is 5.11 Å². The Morgan fingerprint density at radius 1 is 0.920 bits per heavy atom. The molecule has 0 aliphatic carbocycles. The lowest BCUT2D eigenvalue weighted by atomic mass is 10.2. The first-order chi connectivity index (χ1) is 12.1. The number of carboxylic acids is 1. The van der Waals surface area contributed by atoms with Crippen LogP contribution in [0, 0.1) is 6.92 Å². The number of carboxylic acid groups (broad SMARTS) is 1. The van der Waals surface area contributed by atoms with Crippen molar-refractivity contribution < 1.29 is 9.90 Å². The third-order valence-electron chi connectivity index (χ3n) is 3.82. The summed E-state index contributed by atoms with van der Waals surface area (Å²) in [5, 5.41) is 13.2. The number of aryl methyl sites for hydroxylation is 1. The second kappa shape index (κ2) is 6.88. The first kappa shape index (κ1) is 16.7. The van der Waals surface area contributed by atoms with Crippen molar-refractivity contribution in [2.45, 2.75) is 13.3 Å². The Morgan fingerprint density at radius 3 is 2.44 bits per heavy atom. The normalized spacial score (nSPS) is 11.1. The molecule has 0 saturated heterocycles. The van der Waals surface area contributed by atoms with E-state index < -0.39 is 5.97 Å². The van der Waals surface area contributed by atoms with Crippen molar-refractivity contribution in [3.05, 3.63) is 58.3 Å². The van der Waals surface area contributed by atoms with Crippen LogP contribution in [0.25, 0.3) is 29.3 Å². The molecular weight excluding hydrogens is 388 g/mol. The van der Waals surface area contributed by atoms with Gasteiger partial charge in [0.15, 0.2) is 0 Å². The molecule has 0 aliphatic rings. The van der Waals surface area contributed by atoms with Crippen molar-refractivity contribution in [1.82, 2.24) is 0 Å². The fourth-order valence-electron chi connectivity index (χ4n) is 2.70. The number of hydrogen-bond acceptors (Lipinski definition) is 5. The Labute approximate surface area is 161 Å². The van der Waals surface area contributed by atoms with Crippen molar-refractivity contribution in [3.63, 3.8) is 0 Å². The average molecular weight is 403 g/mol. The number of carbonyl (C=O) groups is 1. The van der Waals surface area contributed by atoms with Crippen LogP contribution in [0.1, 0.15) is 11.1 Å². The molecule has 4 rings (SSSR count). The van der Waals surface area contributed by atoms with E-state index >= 15 is 0 Å². The zero-order chi connectivity index (χ0) is 17.4. The number of thiophene rings is 4. The van der Waals surface area contributed by atoms with Gasteiger partial charge in [-0.3, -0.25) is 4.79 Å². The van der Waals surface area contributed by atoms with Crippen LogP contribution in [0.3, 0.4) is 0 Å². The molecule has 0 spiro atoms. The molecule has 0 amide bonds. The van der Waals surface area contributed by atoms with Gasteiger partial charge in [0.25, 0.3) is 0 Å². The maximum absolute atomic E-state index is 11.0. The van der Waals surface area contributed by atoms with Crippen LogP contribution < -0.4 is 0 Å². The Kier molecular flexibility index (Phi) is 4.60. The Balaban J connectivity index is 1.69. The fraction of sp³-hybridized carbons (Fsp3) is 0.105. The van der Waals surface area contributed by atoms with E-state index in [1.165, 1.54) is 25.1 Å². The Hall–Kier alpha value is -1.73. The van der Waals surface area contributed by atoms with Crippen LogP contribution in [0.5, 0.6) is 0 Å². The molecule has 0 bridgehead atoms. The van der Waals surface area contributed by atoms with Gasteiger partial charge in [0, 0.05) is 29.3 Å². The van der Waals surface area contributed by atoms with Crippen molar-refractivity contribution in [3.8, 4) is 29.3 Å². The van der Waals surface area contributed by atoms with E-state index in [-0.39, 0.29) is 6.42 Å². The van der Waals surface area contributed by atoms with Gasteiger partial charge in [-0.2, -0.15) is 0 Å². The quantitative estimate of drug-likeness (QED) is 0.395. The van der Waals surface area contributed by atoms with E-state index in [4.69, 9.17) is 5.11 Å². The predicted octanol–water partition coefficient (Wildman–Crippen LogP) is 6.87. The highest BCUT2D eigenvalue weighted by molar-refractivity contribution is 7.28. The van der Waals surface area contributed by atoms with Gasteiger partial charge in [0.2, 0.25) is 0 Å². The van der Waals surface area contributed by atoms with Crippen molar-refractivity contribution in [2.24, 2.45) is 0 Å². The highest BCUT2D eigenvalue weighted by Crippen LogP contribution is 2.44. The average Bonchev–Trinajstić information content (AvgIpc) is 3.33. The van der Waals surface area contributed by atoms with Crippen molar-refractivity contribution in [1.29, 1.82) is 0 Å². The molecule has 0 atom stereocenters. The molecule has 4 heterocycles. The minimum absolute atomic E-state index is 0.0760. The number of hydrogen-bond donors (Lipinski definition) is 1. The van der Waals surface area contributed by atoms with Crippen LogP contribution in [0.4, 0.5) is 0 Å². The number of aliphatic carboxylic acids is 1. The summed E-state index contributed by atoms with van der Waals surface area (Å²) in [5.41, 5.74) is 2.19. The first-order valence-corrected chi connectivity index (χ1v) is 11.0. The van der Waals surface area contributed by atoms with Crippen LogP contribution in [0.2, 0.25) is 0 Å². The van der Waals surface area contributed by atoms with Gasteiger partial charge in [0.05, 0.1) is 6.42 Å². The SMILES string of the molecule is Cc1cc(-c2cccs2)sc1-c1ccc(-c2sccc2CC(=O)O)s1. The van der Waals surface area contributed by atoms with Gasteiger partial charge in [-0.15, -0.1) is 45.3 Å². The monoisotopic (exact) mass is 402 g/mol. The summed E-state index contributed by atoms with van der Waals surface area (Å²) in [5.74, 6) is -0.786. The maximum Gasteiger partial charge on any atom is 0.307 e. The first-order valence-electron chi connectivity index (χ1n) is 7.65. The molecule has 0 aliphatic heterocycles. The minimum Gasteiger partial charge on any atom is -0.481 e. The summed E-state index contributed by atoms with van der Waals surface area (Å²) in [6, 6.07) is 12.7. The van der Waals surface area contributed by atoms with E-state index in [9.17, 15) is 4.79 Å². The molecule has 0 fully saturated rings. The molecule has 0 saturated carbocycles. The summed E-state index contributed by atoms with van der Waals surface area (Å²) in [6.45, 7) is 2.16. The molecule has 4 aromatic rings. The van der Waals surface area contributed by atoms with Crippen molar-refractivity contribution in [2.75, 3.05) is 0 Å². The van der Waals surface area contributed by atoms with E-state index in [2.05, 4.69) is 42.6 Å². The van der Waals surface area contributed by atoms with Crippen LogP contribution in [-0.2, 0) is 11.2 Å². The van der Waals surface area contributed by atoms with E-state index in [0.29, 0.717) is 0 Å². The molecule has 126 valence electrons. The van der Waals surface area contributed by atoms with E-state index in [1.807, 2.05) is 22.8 Å². The van der Waals surface area contributed by atoms with Crippen LogP contribution in [0.15, 0.2) is 47.2 Å². The molecule has 0 radical (unpaired) electrons. The smallest absolute Gasteiger partial charge is 0.307 e. The molecule has 25 heavy (non-hydrogen) atoms. The molecule has 0 aromatic carbocycles. The third-order valence-corrected chi connectivity index (χ3v) is 8.53. The van der Waals surface area contributed by atoms with Crippen LogP contribution in [-0.4, -0.2) is 11.1 Å². The van der Waals surface area contributed by atoms with Gasteiger partial charge in [-0.05, 0) is 59.1 Å². The summed E-state index contributed by atoms with van der Waals surface area (Å²) in [7, 11) is 0. The second-order valence-corrected chi connectivity index (χ2v) is 9.61. The molecule has 6 heteroatoms. The third kappa shape index (κ3) is 3.35. The molecule has 1 N–H and O–H groups in total. The van der Waals surface area contributed by atoms with E-state index in [1.54, 1.807) is 34.0 Å². The fourth-order valence-corrected chi connectivity index (χ4v) is 6.97.